The lowest BCUT2D eigenvalue weighted by Crippen LogP contribution is -2.35. The van der Waals surface area contributed by atoms with Gasteiger partial charge in [0.25, 0.3) is 11.6 Å². The molecule has 2 aromatic carbocycles. The van der Waals surface area contributed by atoms with Crippen LogP contribution in [-0.4, -0.2) is 48.6 Å². The summed E-state index contributed by atoms with van der Waals surface area (Å²) in [6.07, 6.45) is 2.14. The van der Waals surface area contributed by atoms with Gasteiger partial charge in [0.2, 0.25) is 0 Å². The van der Waals surface area contributed by atoms with Crippen molar-refractivity contribution in [3.05, 3.63) is 57.6 Å². The number of benzene rings is 2. The molecule has 8 nitrogen and oxygen atoms in total. The van der Waals surface area contributed by atoms with E-state index in [1.54, 1.807) is 17.0 Å². The molecule has 0 N–H and O–H groups in total. The molecule has 0 aromatic heterocycles. The highest BCUT2D eigenvalue weighted by Crippen LogP contribution is 2.34. The lowest BCUT2D eigenvalue weighted by molar-refractivity contribution is -0.384. The van der Waals surface area contributed by atoms with Gasteiger partial charge in [-0.3, -0.25) is 14.9 Å². The van der Waals surface area contributed by atoms with Gasteiger partial charge in [0.1, 0.15) is 18.9 Å². The lowest BCUT2D eigenvalue weighted by atomic mass is 9.99. The Hall–Kier alpha value is -3.29. The van der Waals surface area contributed by atoms with Crippen molar-refractivity contribution in [1.29, 1.82) is 0 Å². The molecule has 2 aromatic rings. The summed E-state index contributed by atoms with van der Waals surface area (Å²) in [5.41, 5.74) is 1.82. The molecule has 0 aliphatic carbocycles. The van der Waals surface area contributed by atoms with Crippen molar-refractivity contribution in [2.24, 2.45) is 5.92 Å². The Morgan fingerprint density at radius 3 is 2.69 bits per heavy atom. The molecule has 0 spiro atoms. The summed E-state index contributed by atoms with van der Waals surface area (Å²) < 4.78 is 11.2. The molecule has 8 heteroatoms. The molecule has 0 saturated carbocycles. The fraction of sp³-hybridized carbons (Fsp3) is 0.458. The predicted octanol–water partition coefficient (Wildman–Crippen LogP) is 4.26. The standard InChI is InChI=1S/C24H29N3O5/c1-3-25(16-18-6-9-22-23(13-18)32-12-11-31-22)24(28)19-7-8-20(21(14-19)27(29)30)26-10-4-5-17(2)15-26/h6-9,13-14,17H,3-5,10-12,15-16H2,1-2H3. The summed E-state index contributed by atoms with van der Waals surface area (Å²) >= 11 is 0. The van der Waals surface area contributed by atoms with Crippen molar-refractivity contribution in [3.8, 4) is 11.5 Å². The molecule has 4 rings (SSSR count). The molecule has 0 radical (unpaired) electrons. The Kier molecular flexibility index (Phi) is 6.48. The second-order valence-electron chi connectivity index (χ2n) is 8.45. The van der Waals surface area contributed by atoms with Crippen LogP contribution >= 0.6 is 0 Å². The first kappa shape index (κ1) is 21.9. The smallest absolute Gasteiger partial charge is 0.293 e. The molecule has 32 heavy (non-hydrogen) atoms. The molecule has 1 atom stereocenters. The Morgan fingerprint density at radius 2 is 1.97 bits per heavy atom. The van der Waals surface area contributed by atoms with Crippen LogP contribution in [0.15, 0.2) is 36.4 Å². The molecule has 2 aliphatic rings. The van der Waals surface area contributed by atoms with E-state index in [1.807, 2.05) is 25.1 Å². The van der Waals surface area contributed by atoms with Crippen LogP contribution < -0.4 is 14.4 Å². The van der Waals surface area contributed by atoms with E-state index in [2.05, 4.69) is 11.8 Å². The van der Waals surface area contributed by atoms with E-state index in [0.29, 0.717) is 55.0 Å². The van der Waals surface area contributed by atoms with Crippen LogP contribution in [0.1, 0.15) is 42.6 Å². The second kappa shape index (κ2) is 9.46. The van der Waals surface area contributed by atoms with E-state index in [-0.39, 0.29) is 16.5 Å². The summed E-state index contributed by atoms with van der Waals surface area (Å²) in [7, 11) is 0. The summed E-state index contributed by atoms with van der Waals surface area (Å²) in [4.78, 5) is 28.4. The van der Waals surface area contributed by atoms with Gasteiger partial charge in [-0.25, -0.2) is 0 Å². The van der Waals surface area contributed by atoms with Crippen molar-refractivity contribution in [2.45, 2.75) is 33.2 Å². The van der Waals surface area contributed by atoms with Crippen LogP contribution in [-0.2, 0) is 6.54 Å². The van der Waals surface area contributed by atoms with E-state index < -0.39 is 0 Å². The minimum atomic E-state index is -0.386. The highest BCUT2D eigenvalue weighted by atomic mass is 16.6. The fourth-order valence-electron chi connectivity index (χ4n) is 4.39. The van der Waals surface area contributed by atoms with Gasteiger partial charge in [0.05, 0.1) is 4.92 Å². The molecular formula is C24H29N3O5. The van der Waals surface area contributed by atoms with E-state index in [0.717, 1.165) is 31.5 Å². The van der Waals surface area contributed by atoms with Crippen LogP contribution in [0.2, 0.25) is 0 Å². The van der Waals surface area contributed by atoms with Crippen LogP contribution in [0, 0.1) is 16.0 Å². The van der Waals surface area contributed by atoms with Gasteiger partial charge in [0, 0.05) is 37.8 Å². The Balaban J connectivity index is 1.55. The first-order valence-electron chi connectivity index (χ1n) is 11.2. The number of rotatable bonds is 6. The molecular weight excluding hydrogens is 410 g/mol. The zero-order chi connectivity index (χ0) is 22.7. The normalized spacial score (nSPS) is 17.7. The van der Waals surface area contributed by atoms with Crippen LogP contribution in [0.5, 0.6) is 11.5 Å². The van der Waals surface area contributed by atoms with E-state index >= 15 is 0 Å². The number of hydrogen-bond donors (Lipinski definition) is 0. The number of nitro groups is 1. The number of hydrogen-bond acceptors (Lipinski definition) is 6. The minimum Gasteiger partial charge on any atom is -0.486 e. The number of nitro benzene ring substituents is 1. The van der Waals surface area contributed by atoms with Gasteiger partial charge >= 0.3 is 0 Å². The maximum Gasteiger partial charge on any atom is 0.293 e. The Bertz CT molecular complexity index is 1010. The van der Waals surface area contributed by atoms with Gasteiger partial charge < -0.3 is 19.3 Å². The maximum atomic E-state index is 13.2. The van der Waals surface area contributed by atoms with Gasteiger partial charge in [-0.05, 0) is 55.5 Å². The number of carbonyl (C=O) groups excluding carboxylic acids is 1. The largest absolute Gasteiger partial charge is 0.486 e. The highest BCUT2D eigenvalue weighted by molar-refractivity contribution is 5.95. The fourth-order valence-corrected chi connectivity index (χ4v) is 4.39. The number of carbonyl (C=O) groups is 1. The third kappa shape index (κ3) is 4.64. The van der Waals surface area contributed by atoms with Crippen LogP contribution in [0.3, 0.4) is 0 Å². The van der Waals surface area contributed by atoms with E-state index in [4.69, 9.17) is 9.47 Å². The summed E-state index contributed by atoms with van der Waals surface area (Å²) in [6.45, 7) is 7.52. The number of amides is 1. The summed E-state index contributed by atoms with van der Waals surface area (Å²) in [6, 6.07) is 10.5. The van der Waals surface area contributed by atoms with Gasteiger partial charge in [-0.2, -0.15) is 0 Å². The second-order valence-corrected chi connectivity index (χ2v) is 8.45. The number of anilines is 1. The average Bonchev–Trinajstić information content (AvgIpc) is 2.81. The van der Waals surface area contributed by atoms with Crippen LogP contribution in [0.4, 0.5) is 11.4 Å². The molecule has 1 fully saturated rings. The molecule has 1 saturated heterocycles. The number of fused-ring (bicyclic) bond motifs is 1. The van der Waals surface area contributed by atoms with E-state index in [9.17, 15) is 14.9 Å². The SMILES string of the molecule is CCN(Cc1ccc2c(c1)OCCO2)C(=O)c1ccc(N2CCCC(C)C2)c([N+](=O)[O-])c1. The third-order valence-electron chi connectivity index (χ3n) is 6.07. The Labute approximate surface area is 187 Å². The van der Waals surface area contributed by atoms with E-state index in [1.165, 1.54) is 6.07 Å². The minimum absolute atomic E-state index is 0.0136. The number of nitrogens with zero attached hydrogens (tertiary/aromatic N) is 3. The quantitative estimate of drug-likeness (QED) is 0.494. The summed E-state index contributed by atoms with van der Waals surface area (Å²) in [5, 5.41) is 11.8. The van der Waals surface area contributed by atoms with Crippen molar-refractivity contribution in [1.82, 2.24) is 4.90 Å². The zero-order valence-electron chi connectivity index (χ0n) is 18.6. The zero-order valence-corrected chi connectivity index (χ0v) is 18.6. The van der Waals surface area contributed by atoms with Gasteiger partial charge in [-0.15, -0.1) is 0 Å². The van der Waals surface area contributed by atoms with Gasteiger partial charge in [0.15, 0.2) is 11.5 Å². The molecule has 0 bridgehead atoms. The molecule has 1 unspecified atom stereocenters. The number of ether oxygens (including phenoxy) is 2. The van der Waals surface area contributed by atoms with Crippen molar-refractivity contribution in [3.63, 3.8) is 0 Å². The predicted molar refractivity (Wildman–Crippen MR) is 122 cm³/mol. The maximum absolute atomic E-state index is 13.2. The monoisotopic (exact) mass is 439 g/mol. The molecule has 1 amide bonds. The molecule has 2 aliphatic heterocycles. The topological polar surface area (TPSA) is 85.2 Å². The first-order valence-corrected chi connectivity index (χ1v) is 11.2. The molecule has 2 heterocycles. The van der Waals surface area contributed by atoms with Crippen LogP contribution in [0.25, 0.3) is 0 Å². The highest BCUT2D eigenvalue weighted by Gasteiger charge is 2.26. The number of piperidine rings is 1. The van der Waals surface area contributed by atoms with Crippen molar-refractivity contribution < 1.29 is 19.2 Å². The first-order chi connectivity index (χ1) is 15.5. The molecule has 170 valence electrons. The average molecular weight is 440 g/mol. The van der Waals surface area contributed by atoms with Gasteiger partial charge in [-0.1, -0.05) is 13.0 Å². The summed E-state index contributed by atoms with van der Waals surface area (Å²) in [5.74, 6) is 1.64. The lowest BCUT2D eigenvalue weighted by Gasteiger charge is -2.32. The van der Waals surface area contributed by atoms with Crippen molar-refractivity contribution in [2.75, 3.05) is 37.7 Å². The van der Waals surface area contributed by atoms with Crippen molar-refractivity contribution >= 4 is 17.3 Å². The third-order valence-corrected chi connectivity index (χ3v) is 6.07. The Morgan fingerprint density at radius 1 is 1.19 bits per heavy atom.